The van der Waals surface area contributed by atoms with Gasteiger partial charge in [-0.2, -0.15) is 0 Å². The van der Waals surface area contributed by atoms with E-state index in [-0.39, 0.29) is 42.5 Å². The maximum atomic E-state index is 12.4. The van der Waals surface area contributed by atoms with E-state index < -0.39 is 0 Å². The topological polar surface area (TPSA) is 75.7 Å². The van der Waals surface area contributed by atoms with Crippen molar-refractivity contribution >= 4 is 35.0 Å². The molecule has 7 heteroatoms. The molecule has 1 heterocycles. The summed E-state index contributed by atoms with van der Waals surface area (Å²) < 4.78 is 5.18. The first-order chi connectivity index (χ1) is 12.0. The van der Waals surface area contributed by atoms with Crippen LogP contribution in [0.1, 0.15) is 19.3 Å². The summed E-state index contributed by atoms with van der Waals surface area (Å²) in [6.45, 7) is 0.0727. The molecule has 3 amide bonds. The van der Waals surface area contributed by atoms with Crippen LogP contribution in [0.5, 0.6) is 5.75 Å². The molecule has 0 aromatic heterocycles. The number of ether oxygens (including phenoxy) is 1. The third-order valence-electron chi connectivity index (χ3n) is 4.60. The van der Waals surface area contributed by atoms with E-state index in [1.807, 2.05) is 0 Å². The number of amides is 3. The van der Waals surface area contributed by atoms with E-state index >= 15 is 0 Å². The zero-order chi connectivity index (χ0) is 18.0. The molecule has 2 aliphatic rings. The zero-order valence-corrected chi connectivity index (χ0v) is 14.6. The monoisotopic (exact) mass is 362 g/mol. The summed E-state index contributed by atoms with van der Waals surface area (Å²) in [7, 11) is 1.52. The Balaban J connectivity index is 1.59. The molecule has 1 fully saturated rings. The summed E-state index contributed by atoms with van der Waals surface area (Å²) in [5, 5.41) is 3.36. The number of para-hydroxylation sites is 2. The second-order valence-corrected chi connectivity index (χ2v) is 6.62. The number of nitrogens with zero attached hydrogens (tertiary/aromatic N) is 1. The predicted octanol–water partition coefficient (Wildman–Crippen LogP) is 2.54. The van der Waals surface area contributed by atoms with Crippen molar-refractivity contribution in [1.29, 1.82) is 0 Å². The smallest absolute Gasteiger partial charge is 0.233 e. The van der Waals surface area contributed by atoms with Crippen LogP contribution in [0, 0.1) is 11.8 Å². The second-order valence-electron chi connectivity index (χ2n) is 6.13. The molecule has 0 spiro atoms. The van der Waals surface area contributed by atoms with E-state index in [1.165, 1.54) is 12.0 Å². The van der Waals surface area contributed by atoms with Crippen LogP contribution < -0.4 is 10.1 Å². The number of carbonyl (C=O) groups is 3. The predicted molar refractivity (Wildman–Crippen MR) is 93.1 cm³/mol. The average molecular weight is 363 g/mol. The third kappa shape index (κ3) is 3.54. The van der Waals surface area contributed by atoms with Gasteiger partial charge in [0.2, 0.25) is 17.7 Å². The number of methoxy groups -OCH3 is 1. The minimum Gasteiger partial charge on any atom is -0.495 e. The molecule has 1 N–H and O–H groups in total. The van der Waals surface area contributed by atoms with E-state index in [0.29, 0.717) is 29.3 Å². The number of rotatable bonds is 5. The highest BCUT2D eigenvalue weighted by atomic mass is 35.5. The molecule has 132 valence electrons. The Morgan fingerprint density at radius 1 is 1.28 bits per heavy atom. The standard InChI is InChI=1S/C18H19ClN2O4/c1-25-15-5-3-2-4-14(15)20-16(22)8-9-21-17(23)12-7-6-11(19)10-13(12)18(21)24/h2-6,12-13H,7-10H2,1H3,(H,20,22)/t12-,13+/m0/s1. The molecule has 0 bridgehead atoms. The number of benzene rings is 1. The first-order valence-electron chi connectivity index (χ1n) is 8.14. The first kappa shape index (κ1) is 17.5. The van der Waals surface area contributed by atoms with Crippen LogP contribution in [-0.2, 0) is 14.4 Å². The number of hydrogen-bond donors (Lipinski definition) is 1. The van der Waals surface area contributed by atoms with Gasteiger partial charge in [0.1, 0.15) is 5.75 Å². The number of hydrogen-bond acceptors (Lipinski definition) is 4. The van der Waals surface area contributed by atoms with E-state index in [1.54, 1.807) is 30.3 Å². The van der Waals surface area contributed by atoms with Crippen LogP contribution in [-0.4, -0.2) is 36.3 Å². The van der Waals surface area contributed by atoms with Gasteiger partial charge in [0, 0.05) is 18.0 Å². The highest BCUT2D eigenvalue weighted by Gasteiger charge is 2.48. The molecule has 3 rings (SSSR count). The lowest BCUT2D eigenvalue weighted by molar-refractivity contribution is -0.140. The van der Waals surface area contributed by atoms with Gasteiger partial charge >= 0.3 is 0 Å². The van der Waals surface area contributed by atoms with Gasteiger partial charge in [0.25, 0.3) is 0 Å². The quantitative estimate of drug-likeness (QED) is 0.817. The van der Waals surface area contributed by atoms with Crippen LogP contribution in [0.15, 0.2) is 35.4 Å². The normalized spacial score (nSPS) is 22.5. The summed E-state index contributed by atoms with van der Waals surface area (Å²) in [6.07, 6.45) is 2.72. The highest BCUT2D eigenvalue weighted by Crippen LogP contribution is 2.38. The Kier molecular flexibility index (Phi) is 5.08. The van der Waals surface area contributed by atoms with Crippen molar-refractivity contribution in [3.63, 3.8) is 0 Å². The lowest BCUT2D eigenvalue weighted by Gasteiger charge is -2.17. The van der Waals surface area contributed by atoms with E-state index in [9.17, 15) is 14.4 Å². The third-order valence-corrected chi connectivity index (χ3v) is 4.91. The summed E-state index contributed by atoms with van der Waals surface area (Å²) in [5.41, 5.74) is 0.554. The molecule has 1 aromatic carbocycles. The number of likely N-dealkylation sites (tertiary alicyclic amines) is 1. The number of fused-ring (bicyclic) bond motifs is 1. The molecule has 2 atom stereocenters. The van der Waals surface area contributed by atoms with Crippen LogP contribution >= 0.6 is 11.6 Å². The Bertz CT molecular complexity index is 746. The van der Waals surface area contributed by atoms with Crippen molar-refractivity contribution in [2.45, 2.75) is 19.3 Å². The molecule has 1 aliphatic heterocycles. The van der Waals surface area contributed by atoms with Gasteiger partial charge in [-0.05, 0) is 25.0 Å². The lowest BCUT2D eigenvalue weighted by atomic mass is 9.85. The van der Waals surface area contributed by atoms with Gasteiger partial charge in [0.05, 0.1) is 24.6 Å². The Morgan fingerprint density at radius 3 is 2.76 bits per heavy atom. The van der Waals surface area contributed by atoms with Gasteiger partial charge < -0.3 is 10.1 Å². The Labute approximate surface area is 150 Å². The Morgan fingerprint density at radius 2 is 2.00 bits per heavy atom. The summed E-state index contributed by atoms with van der Waals surface area (Å²) in [6, 6.07) is 7.06. The number of anilines is 1. The van der Waals surface area contributed by atoms with Gasteiger partial charge in [-0.1, -0.05) is 29.8 Å². The molecule has 25 heavy (non-hydrogen) atoms. The lowest BCUT2D eigenvalue weighted by Crippen LogP contribution is -2.34. The van der Waals surface area contributed by atoms with E-state index in [0.717, 1.165) is 0 Å². The molecule has 1 aromatic rings. The van der Waals surface area contributed by atoms with Crippen LogP contribution in [0.2, 0.25) is 0 Å². The summed E-state index contributed by atoms with van der Waals surface area (Å²) in [5.74, 6) is -0.895. The second kappa shape index (κ2) is 7.27. The SMILES string of the molecule is COc1ccccc1NC(=O)CCN1C(=O)[C@H]2CC=C(Cl)C[C@H]2C1=O. The fourth-order valence-corrected chi connectivity index (χ4v) is 3.55. The molecule has 6 nitrogen and oxygen atoms in total. The fourth-order valence-electron chi connectivity index (χ4n) is 3.29. The van der Waals surface area contributed by atoms with Crippen molar-refractivity contribution < 1.29 is 19.1 Å². The fraction of sp³-hybridized carbons (Fsp3) is 0.389. The highest BCUT2D eigenvalue weighted by molar-refractivity contribution is 6.30. The van der Waals surface area contributed by atoms with Gasteiger partial charge in [0.15, 0.2) is 0 Å². The largest absolute Gasteiger partial charge is 0.495 e. The summed E-state index contributed by atoms with van der Waals surface area (Å²) >= 11 is 5.99. The molecular formula is C18H19ClN2O4. The Hall–Kier alpha value is -2.34. The minimum atomic E-state index is -0.387. The molecule has 1 saturated heterocycles. The maximum Gasteiger partial charge on any atom is 0.233 e. The number of carbonyl (C=O) groups excluding carboxylic acids is 3. The number of allylic oxidation sites excluding steroid dienone is 2. The molecule has 0 radical (unpaired) electrons. The molecular weight excluding hydrogens is 344 g/mol. The van der Waals surface area contributed by atoms with Crippen LogP contribution in [0.3, 0.4) is 0 Å². The molecule has 0 saturated carbocycles. The van der Waals surface area contributed by atoms with Crippen molar-refractivity contribution in [1.82, 2.24) is 4.90 Å². The van der Waals surface area contributed by atoms with Crippen molar-refractivity contribution in [2.24, 2.45) is 11.8 Å². The molecule has 0 unspecified atom stereocenters. The van der Waals surface area contributed by atoms with Gasteiger partial charge in [-0.25, -0.2) is 0 Å². The van der Waals surface area contributed by atoms with E-state index in [4.69, 9.17) is 16.3 Å². The number of nitrogens with one attached hydrogen (secondary N) is 1. The number of imide groups is 1. The maximum absolute atomic E-state index is 12.4. The minimum absolute atomic E-state index is 0.0378. The van der Waals surface area contributed by atoms with Crippen molar-refractivity contribution in [3.05, 3.63) is 35.4 Å². The van der Waals surface area contributed by atoms with Crippen LogP contribution in [0.25, 0.3) is 0 Å². The van der Waals surface area contributed by atoms with Crippen molar-refractivity contribution in [2.75, 3.05) is 19.0 Å². The first-order valence-corrected chi connectivity index (χ1v) is 8.51. The van der Waals surface area contributed by atoms with Gasteiger partial charge in [-0.3, -0.25) is 19.3 Å². The number of halogens is 1. The van der Waals surface area contributed by atoms with Crippen molar-refractivity contribution in [3.8, 4) is 5.75 Å². The molecule has 1 aliphatic carbocycles. The van der Waals surface area contributed by atoms with Crippen LogP contribution in [0.4, 0.5) is 5.69 Å². The summed E-state index contributed by atoms with van der Waals surface area (Å²) in [4.78, 5) is 38.2. The zero-order valence-electron chi connectivity index (χ0n) is 13.8. The van der Waals surface area contributed by atoms with E-state index in [2.05, 4.69) is 5.32 Å². The van der Waals surface area contributed by atoms with Gasteiger partial charge in [-0.15, -0.1) is 0 Å². The average Bonchev–Trinajstić information content (AvgIpc) is 2.84.